The molecular formula is C14H21N. The normalized spacial score (nSPS) is 30.8. The third kappa shape index (κ3) is 1.69. The van der Waals surface area contributed by atoms with Crippen LogP contribution in [-0.2, 0) is 5.41 Å². The van der Waals surface area contributed by atoms with E-state index in [9.17, 15) is 0 Å². The minimum Gasteiger partial charge on any atom is -0.313 e. The summed E-state index contributed by atoms with van der Waals surface area (Å²) in [7, 11) is 0. The summed E-state index contributed by atoms with van der Waals surface area (Å²) in [6.07, 6.45) is 1.25. The Bertz CT molecular complexity index is 370. The van der Waals surface area contributed by atoms with Crippen molar-refractivity contribution in [1.29, 1.82) is 0 Å². The summed E-state index contributed by atoms with van der Waals surface area (Å²) in [4.78, 5) is 0. The van der Waals surface area contributed by atoms with Gasteiger partial charge in [-0.3, -0.25) is 0 Å². The number of hydrogen-bond donors (Lipinski definition) is 1. The molecule has 1 aliphatic rings. The highest BCUT2D eigenvalue weighted by Gasteiger charge is 2.37. The van der Waals surface area contributed by atoms with Crippen molar-refractivity contribution < 1.29 is 0 Å². The quantitative estimate of drug-likeness (QED) is 0.740. The van der Waals surface area contributed by atoms with E-state index < -0.39 is 0 Å². The van der Waals surface area contributed by atoms with Crippen LogP contribution in [-0.4, -0.2) is 12.6 Å². The van der Waals surface area contributed by atoms with E-state index in [4.69, 9.17) is 0 Å². The van der Waals surface area contributed by atoms with Crippen molar-refractivity contribution in [2.45, 2.75) is 45.6 Å². The van der Waals surface area contributed by atoms with Crippen molar-refractivity contribution in [3.05, 3.63) is 34.9 Å². The highest BCUT2D eigenvalue weighted by Crippen LogP contribution is 2.36. The molecule has 1 N–H and O–H groups in total. The van der Waals surface area contributed by atoms with Crippen LogP contribution in [0.2, 0.25) is 0 Å². The summed E-state index contributed by atoms with van der Waals surface area (Å²) >= 11 is 0. The van der Waals surface area contributed by atoms with E-state index in [1.165, 1.54) is 23.1 Å². The summed E-state index contributed by atoms with van der Waals surface area (Å²) in [6, 6.07) is 7.43. The first-order chi connectivity index (χ1) is 7.04. The molecule has 0 amide bonds. The second kappa shape index (κ2) is 3.64. The number of aryl methyl sites for hydroxylation is 2. The van der Waals surface area contributed by atoms with Crippen molar-refractivity contribution in [1.82, 2.24) is 5.32 Å². The van der Waals surface area contributed by atoms with Crippen LogP contribution in [0.4, 0.5) is 0 Å². The van der Waals surface area contributed by atoms with Crippen molar-refractivity contribution in [2.24, 2.45) is 0 Å². The smallest absolute Gasteiger partial charge is 0.0134 e. The summed E-state index contributed by atoms with van der Waals surface area (Å²) in [5, 5.41) is 3.55. The molecule has 1 heterocycles. The predicted molar refractivity (Wildman–Crippen MR) is 65.3 cm³/mol. The Kier molecular flexibility index (Phi) is 2.59. The number of hydrogen-bond acceptors (Lipinski definition) is 1. The Hall–Kier alpha value is -0.820. The standard InChI is InChI=1S/C14H21N/c1-10-5-6-13(11(2)9-10)14(4)7-8-15-12(14)3/h5-6,9,12,15H,7-8H2,1-4H3. The Labute approximate surface area is 92.9 Å². The van der Waals surface area contributed by atoms with Crippen LogP contribution in [0.5, 0.6) is 0 Å². The van der Waals surface area contributed by atoms with Gasteiger partial charge in [-0.1, -0.05) is 30.7 Å². The molecule has 1 fully saturated rings. The topological polar surface area (TPSA) is 12.0 Å². The van der Waals surface area contributed by atoms with E-state index >= 15 is 0 Å². The maximum Gasteiger partial charge on any atom is 0.0134 e. The zero-order valence-electron chi connectivity index (χ0n) is 10.2. The molecule has 2 rings (SSSR count). The molecular weight excluding hydrogens is 182 g/mol. The summed E-state index contributed by atoms with van der Waals surface area (Å²) < 4.78 is 0. The van der Waals surface area contributed by atoms with E-state index in [0.29, 0.717) is 11.5 Å². The van der Waals surface area contributed by atoms with Crippen molar-refractivity contribution in [3.63, 3.8) is 0 Å². The van der Waals surface area contributed by atoms with Crippen LogP contribution in [0.15, 0.2) is 18.2 Å². The number of nitrogens with one attached hydrogen (secondary N) is 1. The lowest BCUT2D eigenvalue weighted by Crippen LogP contribution is -2.35. The van der Waals surface area contributed by atoms with Crippen LogP contribution < -0.4 is 5.32 Å². The molecule has 1 heteroatoms. The van der Waals surface area contributed by atoms with Crippen LogP contribution in [0.25, 0.3) is 0 Å². The van der Waals surface area contributed by atoms with Gasteiger partial charge in [-0.05, 0) is 44.9 Å². The monoisotopic (exact) mass is 203 g/mol. The number of rotatable bonds is 1. The molecule has 1 aromatic carbocycles. The minimum atomic E-state index is 0.317. The lowest BCUT2D eigenvalue weighted by atomic mass is 9.75. The van der Waals surface area contributed by atoms with Crippen LogP contribution >= 0.6 is 0 Å². The molecule has 1 saturated heterocycles. The van der Waals surface area contributed by atoms with Crippen molar-refractivity contribution >= 4 is 0 Å². The van der Waals surface area contributed by atoms with Gasteiger partial charge in [0.2, 0.25) is 0 Å². The van der Waals surface area contributed by atoms with Crippen LogP contribution in [0.1, 0.15) is 37.0 Å². The molecule has 1 aliphatic heterocycles. The average Bonchev–Trinajstić information content (AvgIpc) is 2.47. The fraction of sp³-hybridized carbons (Fsp3) is 0.571. The van der Waals surface area contributed by atoms with Gasteiger partial charge in [-0.15, -0.1) is 0 Å². The average molecular weight is 203 g/mol. The van der Waals surface area contributed by atoms with Gasteiger partial charge in [0, 0.05) is 11.5 Å². The highest BCUT2D eigenvalue weighted by molar-refractivity contribution is 5.38. The van der Waals surface area contributed by atoms with E-state index in [2.05, 4.69) is 51.2 Å². The third-order valence-corrected chi connectivity index (χ3v) is 4.05. The Morgan fingerprint density at radius 2 is 2.07 bits per heavy atom. The van der Waals surface area contributed by atoms with Crippen molar-refractivity contribution in [2.75, 3.05) is 6.54 Å². The van der Waals surface area contributed by atoms with Gasteiger partial charge in [0.25, 0.3) is 0 Å². The summed E-state index contributed by atoms with van der Waals surface area (Å²) in [6.45, 7) is 10.2. The highest BCUT2D eigenvalue weighted by atomic mass is 15.0. The molecule has 0 bridgehead atoms. The maximum absolute atomic E-state index is 3.55. The van der Waals surface area contributed by atoms with Gasteiger partial charge in [-0.25, -0.2) is 0 Å². The second-order valence-electron chi connectivity index (χ2n) is 5.16. The fourth-order valence-electron chi connectivity index (χ4n) is 2.81. The molecule has 2 unspecified atom stereocenters. The number of benzene rings is 1. The zero-order valence-corrected chi connectivity index (χ0v) is 10.2. The fourth-order valence-corrected chi connectivity index (χ4v) is 2.81. The third-order valence-electron chi connectivity index (χ3n) is 4.05. The lowest BCUT2D eigenvalue weighted by Gasteiger charge is -2.31. The van der Waals surface area contributed by atoms with E-state index in [0.717, 1.165) is 6.54 Å². The lowest BCUT2D eigenvalue weighted by molar-refractivity contribution is 0.425. The largest absolute Gasteiger partial charge is 0.313 e. The van der Waals surface area contributed by atoms with Crippen LogP contribution in [0, 0.1) is 13.8 Å². The molecule has 0 radical (unpaired) electrons. The first kappa shape index (κ1) is 10.7. The Balaban J connectivity index is 2.44. The molecule has 0 aliphatic carbocycles. The van der Waals surface area contributed by atoms with Gasteiger partial charge in [0.15, 0.2) is 0 Å². The molecule has 1 aromatic rings. The van der Waals surface area contributed by atoms with E-state index in [-0.39, 0.29) is 0 Å². The van der Waals surface area contributed by atoms with Gasteiger partial charge in [-0.2, -0.15) is 0 Å². The molecule has 1 nitrogen and oxygen atoms in total. The van der Waals surface area contributed by atoms with Crippen molar-refractivity contribution in [3.8, 4) is 0 Å². The molecule has 0 aromatic heterocycles. The summed E-state index contributed by atoms with van der Waals surface area (Å²) in [5.41, 5.74) is 4.63. The van der Waals surface area contributed by atoms with E-state index in [1.807, 2.05) is 0 Å². The zero-order chi connectivity index (χ0) is 11.1. The molecule has 15 heavy (non-hydrogen) atoms. The van der Waals surface area contributed by atoms with E-state index in [1.54, 1.807) is 0 Å². The summed E-state index contributed by atoms with van der Waals surface area (Å²) in [5.74, 6) is 0. The molecule has 0 saturated carbocycles. The van der Waals surface area contributed by atoms with Gasteiger partial charge in [0.05, 0.1) is 0 Å². The Morgan fingerprint density at radius 1 is 1.33 bits per heavy atom. The molecule has 2 atom stereocenters. The first-order valence-corrected chi connectivity index (χ1v) is 5.85. The van der Waals surface area contributed by atoms with Gasteiger partial charge < -0.3 is 5.32 Å². The molecule has 82 valence electrons. The first-order valence-electron chi connectivity index (χ1n) is 5.85. The van der Waals surface area contributed by atoms with Gasteiger partial charge >= 0.3 is 0 Å². The minimum absolute atomic E-state index is 0.317. The van der Waals surface area contributed by atoms with Crippen LogP contribution in [0.3, 0.4) is 0 Å². The predicted octanol–water partition coefficient (Wildman–Crippen LogP) is 2.94. The Morgan fingerprint density at radius 3 is 2.60 bits per heavy atom. The molecule has 0 spiro atoms. The van der Waals surface area contributed by atoms with Gasteiger partial charge in [0.1, 0.15) is 0 Å². The SMILES string of the molecule is Cc1ccc(C2(C)CCNC2C)c(C)c1. The second-order valence-corrected chi connectivity index (χ2v) is 5.16. The maximum atomic E-state index is 3.55.